The average Bonchev–Trinajstić information content (AvgIpc) is 3.31. The maximum atomic E-state index is 12.2. The third-order valence-electron chi connectivity index (χ3n) is 4.69. The Labute approximate surface area is 175 Å². The molecule has 1 aliphatic rings. The lowest BCUT2D eigenvalue weighted by Crippen LogP contribution is -2.22. The minimum atomic E-state index is -0.715. The molecule has 3 aromatic rings. The molecule has 8 nitrogen and oxygen atoms in total. The second kappa shape index (κ2) is 8.50. The van der Waals surface area contributed by atoms with Gasteiger partial charge in [-0.3, -0.25) is 9.59 Å². The van der Waals surface area contributed by atoms with E-state index in [1.807, 2.05) is 12.1 Å². The number of carbonyl (C=O) groups excluding carboxylic acids is 3. The van der Waals surface area contributed by atoms with Gasteiger partial charge in [0.05, 0.1) is 5.56 Å². The highest BCUT2D eigenvalue weighted by Gasteiger charge is 2.25. The minimum absolute atomic E-state index is 0.257. The number of anilines is 1. The summed E-state index contributed by atoms with van der Waals surface area (Å²) in [6.07, 6.45) is 6.18. The van der Waals surface area contributed by atoms with Crippen LogP contribution in [-0.2, 0) is 27.2 Å². The van der Waals surface area contributed by atoms with Gasteiger partial charge in [0.1, 0.15) is 10.5 Å². The van der Waals surface area contributed by atoms with Crippen molar-refractivity contribution in [3.05, 3.63) is 52.2 Å². The molecule has 0 aliphatic heterocycles. The van der Waals surface area contributed by atoms with Gasteiger partial charge in [0, 0.05) is 17.0 Å². The summed E-state index contributed by atoms with van der Waals surface area (Å²) in [5.41, 5.74) is 8.08. The van der Waals surface area contributed by atoms with Crippen molar-refractivity contribution >= 4 is 51.3 Å². The number of rotatable bonds is 6. The zero-order valence-electron chi connectivity index (χ0n) is 16.0. The van der Waals surface area contributed by atoms with Gasteiger partial charge >= 0.3 is 5.97 Å². The number of nitrogens with one attached hydrogen (secondary N) is 1. The van der Waals surface area contributed by atoms with Crippen molar-refractivity contribution in [2.75, 3.05) is 11.9 Å². The number of nitrogens with two attached hydrogens (primary N) is 1. The second-order valence-corrected chi connectivity index (χ2v) is 7.89. The molecule has 154 valence electrons. The number of hydrogen-bond donors (Lipinski definition) is 2. The first-order valence-corrected chi connectivity index (χ1v) is 10.3. The van der Waals surface area contributed by atoms with Gasteiger partial charge in [-0.25, -0.2) is 9.78 Å². The van der Waals surface area contributed by atoms with Crippen molar-refractivity contribution < 1.29 is 23.5 Å². The van der Waals surface area contributed by atoms with E-state index in [2.05, 4.69) is 10.3 Å². The lowest BCUT2D eigenvalue weighted by Gasteiger charge is -2.11. The van der Waals surface area contributed by atoms with Crippen LogP contribution in [0, 0.1) is 0 Å². The smallest absolute Gasteiger partial charge is 0.331 e. The molecule has 4 rings (SSSR count). The highest BCUT2D eigenvalue weighted by atomic mass is 32.1. The number of aromatic nitrogens is 1. The zero-order chi connectivity index (χ0) is 21.1. The van der Waals surface area contributed by atoms with Gasteiger partial charge in [-0.1, -0.05) is 12.1 Å². The van der Waals surface area contributed by atoms with E-state index in [-0.39, 0.29) is 5.89 Å². The fraction of sp³-hybridized carbons (Fsp3) is 0.238. The Kier molecular flexibility index (Phi) is 5.62. The van der Waals surface area contributed by atoms with E-state index >= 15 is 0 Å². The number of amides is 2. The fourth-order valence-corrected chi connectivity index (χ4v) is 4.67. The molecule has 2 heterocycles. The molecule has 2 amide bonds. The fourth-order valence-electron chi connectivity index (χ4n) is 3.36. The summed E-state index contributed by atoms with van der Waals surface area (Å²) in [6.45, 7) is -0.489. The highest BCUT2D eigenvalue weighted by Crippen LogP contribution is 2.37. The summed E-state index contributed by atoms with van der Waals surface area (Å²) >= 11 is 1.35. The van der Waals surface area contributed by atoms with Gasteiger partial charge in [0.15, 0.2) is 12.2 Å². The molecule has 0 bridgehead atoms. The number of nitrogens with zero attached hydrogens (tertiary/aromatic N) is 1. The molecular weight excluding hydrogens is 406 g/mol. The Bertz CT molecular complexity index is 1130. The van der Waals surface area contributed by atoms with Gasteiger partial charge in [0.2, 0.25) is 5.89 Å². The number of hydrogen-bond acceptors (Lipinski definition) is 7. The molecule has 1 aliphatic carbocycles. The van der Waals surface area contributed by atoms with Crippen molar-refractivity contribution in [1.82, 2.24) is 4.98 Å². The van der Waals surface area contributed by atoms with Crippen molar-refractivity contribution in [3.63, 3.8) is 0 Å². The zero-order valence-corrected chi connectivity index (χ0v) is 16.8. The number of fused-ring (bicyclic) bond motifs is 2. The van der Waals surface area contributed by atoms with E-state index < -0.39 is 24.4 Å². The molecule has 1 aromatic carbocycles. The molecule has 0 atom stereocenters. The quantitative estimate of drug-likeness (QED) is 0.462. The highest BCUT2D eigenvalue weighted by molar-refractivity contribution is 7.17. The van der Waals surface area contributed by atoms with E-state index in [4.69, 9.17) is 14.9 Å². The molecule has 30 heavy (non-hydrogen) atoms. The van der Waals surface area contributed by atoms with E-state index in [0.29, 0.717) is 21.7 Å². The number of ether oxygens (including phenoxy) is 1. The van der Waals surface area contributed by atoms with Crippen LogP contribution in [0.25, 0.3) is 17.2 Å². The van der Waals surface area contributed by atoms with Crippen molar-refractivity contribution in [2.45, 2.75) is 25.7 Å². The van der Waals surface area contributed by atoms with Crippen LogP contribution < -0.4 is 11.1 Å². The number of esters is 1. The van der Waals surface area contributed by atoms with Crippen LogP contribution in [-0.4, -0.2) is 29.4 Å². The largest absolute Gasteiger partial charge is 0.452 e. The standard InChI is InChI=1S/C21H19N3O5S/c22-20(27)19-12-5-1-4-8-15(12)30-21(19)24-16(25)11-28-18(26)10-9-17-23-13-6-2-3-7-14(13)29-17/h2-3,6-7,9-10H,1,4-5,8,11H2,(H2,22,27)(H,24,25)/b10-9+. The summed E-state index contributed by atoms with van der Waals surface area (Å²) in [4.78, 5) is 41.2. The molecule has 0 spiro atoms. The Balaban J connectivity index is 1.35. The van der Waals surface area contributed by atoms with Gasteiger partial charge < -0.3 is 20.2 Å². The van der Waals surface area contributed by atoms with Gasteiger partial charge in [0.25, 0.3) is 11.8 Å². The monoisotopic (exact) mass is 425 g/mol. The predicted octanol–water partition coefficient (Wildman–Crippen LogP) is 3.06. The molecule has 2 aromatic heterocycles. The number of benzene rings is 1. The normalized spacial score (nSPS) is 13.3. The number of thiophene rings is 1. The number of oxazole rings is 1. The average molecular weight is 425 g/mol. The molecule has 0 fully saturated rings. The van der Waals surface area contributed by atoms with Crippen molar-refractivity contribution in [1.29, 1.82) is 0 Å². The lowest BCUT2D eigenvalue weighted by atomic mass is 9.95. The van der Waals surface area contributed by atoms with Gasteiger partial charge in [-0.2, -0.15) is 0 Å². The van der Waals surface area contributed by atoms with Crippen LogP contribution in [0.2, 0.25) is 0 Å². The van der Waals surface area contributed by atoms with Gasteiger partial charge in [-0.15, -0.1) is 11.3 Å². The Morgan fingerprint density at radius 2 is 2.03 bits per heavy atom. The molecular formula is C21H19N3O5S. The van der Waals surface area contributed by atoms with Crippen LogP contribution >= 0.6 is 11.3 Å². The first-order chi connectivity index (χ1) is 14.5. The third kappa shape index (κ3) is 4.25. The van der Waals surface area contributed by atoms with E-state index in [9.17, 15) is 14.4 Å². The summed E-state index contributed by atoms with van der Waals surface area (Å²) < 4.78 is 10.4. The minimum Gasteiger partial charge on any atom is -0.452 e. The molecule has 3 N–H and O–H groups in total. The summed E-state index contributed by atoms with van der Waals surface area (Å²) in [5.74, 6) is -1.57. The maximum Gasteiger partial charge on any atom is 0.331 e. The van der Waals surface area contributed by atoms with Gasteiger partial charge in [-0.05, 0) is 43.4 Å². The SMILES string of the molecule is NC(=O)c1c(NC(=O)COC(=O)/C=C/c2nc3ccccc3o2)sc2c1CCCC2. The summed E-state index contributed by atoms with van der Waals surface area (Å²) in [5, 5.41) is 3.06. The second-order valence-electron chi connectivity index (χ2n) is 6.79. The van der Waals surface area contributed by atoms with Crippen LogP contribution in [0.15, 0.2) is 34.8 Å². The molecule has 9 heteroatoms. The molecule has 0 saturated carbocycles. The molecule has 0 radical (unpaired) electrons. The molecule has 0 saturated heterocycles. The van der Waals surface area contributed by atoms with Crippen LogP contribution in [0.4, 0.5) is 5.00 Å². The lowest BCUT2D eigenvalue weighted by molar-refractivity contribution is -0.142. The van der Waals surface area contributed by atoms with Crippen molar-refractivity contribution in [2.24, 2.45) is 5.73 Å². The first kappa shape index (κ1) is 19.8. The topological polar surface area (TPSA) is 125 Å². The number of carbonyl (C=O) groups is 3. The molecule has 0 unspecified atom stereocenters. The number of primary amides is 1. The first-order valence-electron chi connectivity index (χ1n) is 9.46. The summed E-state index contributed by atoms with van der Waals surface area (Å²) in [6, 6.07) is 7.22. The van der Waals surface area contributed by atoms with E-state index in [0.717, 1.165) is 42.2 Å². The Morgan fingerprint density at radius 3 is 2.83 bits per heavy atom. The van der Waals surface area contributed by atoms with Crippen LogP contribution in [0.1, 0.15) is 39.5 Å². The number of para-hydroxylation sites is 2. The predicted molar refractivity (Wildman–Crippen MR) is 112 cm³/mol. The maximum absolute atomic E-state index is 12.2. The van der Waals surface area contributed by atoms with Crippen molar-refractivity contribution in [3.8, 4) is 0 Å². The third-order valence-corrected chi connectivity index (χ3v) is 5.90. The number of aryl methyl sites for hydroxylation is 1. The summed E-state index contributed by atoms with van der Waals surface area (Å²) in [7, 11) is 0. The van der Waals surface area contributed by atoms with Crippen LogP contribution in [0.3, 0.4) is 0 Å². The Hall–Kier alpha value is -3.46. The Morgan fingerprint density at radius 1 is 1.23 bits per heavy atom. The van der Waals surface area contributed by atoms with E-state index in [1.165, 1.54) is 17.4 Å². The van der Waals surface area contributed by atoms with E-state index in [1.54, 1.807) is 12.1 Å². The van der Waals surface area contributed by atoms with Crippen LogP contribution in [0.5, 0.6) is 0 Å².